The molecule has 0 aliphatic heterocycles. The molecule has 1 aromatic carbocycles. The third kappa shape index (κ3) is 3.00. The van der Waals surface area contributed by atoms with Crippen molar-refractivity contribution in [1.29, 1.82) is 5.26 Å². The van der Waals surface area contributed by atoms with Crippen LogP contribution in [-0.2, 0) is 13.0 Å². The molecule has 0 fully saturated rings. The Hall–Kier alpha value is -2.15. The highest BCUT2D eigenvalue weighted by atomic mass is 15.4. The van der Waals surface area contributed by atoms with Crippen LogP contribution in [0.5, 0.6) is 0 Å². The summed E-state index contributed by atoms with van der Waals surface area (Å²) in [5.41, 5.74) is 3.82. The van der Waals surface area contributed by atoms with Crippen molar-refractivity contribution in [3.8, 4) is 6.07 Å². The predicted molar refractivity (Wildman–Crippen MR) is 73.6 cm³/mol. The molecule has 0 saturated heterocycles. The number of aryl methyl sites for hydroxylation is 1. The minimum Gasteiger partial charge on any atom is -0.244 e. The summed E-state index contributed by atoms with van der Waals surface area (Å²) in [6.07, 6.45) is 0.821. The molecule has 0 amide bonds. The van der Waals surface area contributed by atoms with E-state index in [1.165, 1.54) is 11.1 Å². The molecule has 0 radical (unpaired) electrons. The van der Waals surface area contributed by atoms with Crippen molar-refractivity contribution in [2.45, 2.75) is 33.7 Å². The molecule has 0 atom stereocenters. The third-order valence-electron chi connectivity index (χ3n) is 3.13. The first-order valence-electron chi connectivity index (χ1n) is 6.48. The average molecular weight is 254 g/mol. The first kappa shape index (κ1) is 13.3. The number of aromatic nitrogens is 3. The van der Waals surface area contributed by atoms with Gasteiger partial charge in [0.05, 0.1) is 12.2 Å². The number of hydrogen-bond acceptors (Lipinski definition) is 3. The molecule has 98 valence electrons. The monoisotopic (exact) mass is 254 g/mol. The number of rotatable bonds is 4. The van der Waals surface area contributed by atoms with Gasteiger partial charge in [0, 0.05) is 0 Å². The van der Waals surface area contributed by atoms with Crippen molar-refractivity contribution >= 4 is 0 Å². The van der Waals surface area contributed by atoms with Crippen molar-refractivity contribution in [1.82, 2.24) is 15.0 Å². The molecule has 2 aromatic rings. The Bertz CT molecular complexity index is 605. The fourth-order valence-electron chi connectivity index (χ4n) is 2.08. The summed E-state index contributed by atoms with van der Waals surface area (Å²) in [7, 11) is 0. The topological polar surface area (TPSA) is 54.5 Å². The van der Waals surface area contributed by atoms with E-state index in [0.29, 0.717) is 18.2 Å². The van der Waals surface area contributed by atoms with Crippen molar-refractivity contribution in [3.05, 3.63) is 46.8 Å². The molecule has 0 aliphatic carbocycles. The quantitative estimate of drug-likeness (QED) is 0.843. The van der Waals surface area contributed by atoms with Gasteiger partial charge in [-0.15, -0.1) is 5.10 Å². The van der Waals surface area contributed by atoms with Crippen LogP contribution in [0.1, 0.15) is 36.4 Å². The van der Waals surface area contributed by atoms with E-state index in [-0.39, 0.29) is 0 Å². The molecule has 4 heteroatoms. The first-order valence-corrected chi connectivity index (χ1v) is 6.48. The maximum Gasteiger partial charge on any atom is 0.185 e. The van der Waals surface area contributed by atoms with Gasteiger partial charge in [0.1, 0.15) is 6.07 Å². The summed E-state index contributed by atoms with van der Waals surface area (Å²) in [5.74, 6) is 0.473. The van der Waals surface area contributed by atoms with E-state index in [2.05, 4.69) is 49.3 Å². The molecule has 0 bridgehead atoms. The molecule has 0 saturated carbocycles. The number of nitrogens with zero attached hydrogens (tertiary/aromatic N) is 4. The van der Waals surface area contributed by atoms with Crippen molar-refractivity contribution in [2.75, 3.05) is 0 Å². The van der Waals surface area contributed by atoms with Gasteiger partial charge in [-0.05, 0) is 30.4 Å². The number of benzene rings is 1. The zero-order valence-electron chi connectivity index (χ0n) is 11.6. The van der Waals surface area contributed by atoms with Gasteiger partial charge in [0.25, 0.3) is 0 Å². The van der Waals surface area contributed by atoms with Crippen molar-refractivity contribution in [3.63, 3.8) is 0 Å². The van der Waals surface area contributed by atoms with E-state index in [4.69, 9.17) is 5.26 Å². The molecule has 1 heterocycles. The van der Waals surface area contributed by atoms with Crippen LogP contribution in [0.25, 0.3) is 0 Å². The molecule has 19 heavy (non-hydrogen) atoms. The first-order chi connectivity index (χ1) is 9.11. The molecule has 0 N–H and O–H groups in total. The molecule has 2 rings (SSSR count). The van der Waals surface area contributed by atoms with Crippen molar-refractivity contribution < 1.29 is 0 Å². The molecular formula is C15H18N4. The molecule has 0 unspecified atom stereocenters. The second kappa shape index (κ2) is 5.66. The van der Waals surface area contributed by atoms with Gasteiger partial charge >= 0.3 is 0 Å². The number of nitriles is 1. The number of hydrogen-bond donors (Lipinski definition) is 0. The van der Waals surface area contributed by atoms with Gasteiger partial charge < -0.3 is 0 Å². The molecule has 1 aromatic heterocycles. The predicted octanol–water partition coefficient (Wildman–Crippen LogP) is 2.71. The van der Waals surface area contributed by atoms with Crippen LogP contribution in [0.15, 0.2) is 24.3 Å². The third-order valence-corrected chi connectivity index (χ3v) is 3.13. The smallest absolute Gasteiger partial charge is 0.185 e. The van der Waals surface area contributed by atoms with Crippen LogP contribution in [0.3, 0.4) is 0 Å². The van der Waals surface area contributed by atoms with Gasteiger partial charge in [0.2, 0.25) is 0 Å². The standard InChI is InChI=1S/C15H18N4/c1-11(2)8-15-14(9-16)17-18-19(15)10-13-7-5-4-6-12(13)3/h4-7,11H,8,10H2,1-3H3. The lowest BCUT2D eigenvalue weighted by Gasteiger charge is -2.10. The van der Waals surface area contributed by atoms with Crippen LogP contribution in [0, 0.1) is 24.2 Å². The molecule has 0 aliphatic rings. The zero-order valence-corrected chi connectivity index (χ0v) is 11.6. The zero-order chi connectivity index (χ0) is 13.8. The van der Waals surface area contributed by atoms with E-state index >= 15 is 0 Å². The molecule has 0 spiro atoms. The van der Waals surface area contributed by atoms with Crippen molar-refractivity contribution in [2.24, 2.45) is 5.92 Å². The molecule has 4 nitrogen and oxygen atoms in total. The lowest BCUT2D eigenvalue weighted by atomic mass is 10.1. The lowest BCUT2D eigenvalue weighted by molar-refractivity contribution is 0.563. The fraction of sp³-hybridized carbons (Fsp3) is 0.400. The van der Waals surface area contributed by atoms with E-state index < -0.39 is 0 Å². The highest BCUT2D eigenvalue weighted by Crippen LogP contribution is 2.15. The Morgan fingerprint density at radius 2 is 2.05 bits per heavy atom. The Morgan fingerprint density at radius 1 is 1.32 bits per heavy atom. The maximum absolute atomic E-state index is 9.10. The van der Waals surface area contributed by atoms with Gasteiger partial charge in [-0.3, -0.25) is 0 Å². The van der Waals surface area contributed by atoms with E-state index in [9.17, 15) is 0 Å². The average Bonchev–Trinajstić information content (AvgIpc) is 2.74. The minimum absolute atomic E-state index is 0.447. The highest BCUT2D eigenvalue weighted by molar-refractivity contribution is 5.29. The second-order valence-corrected chi connectivity index (χ2v) is 5.18. The van der Waals surface area contributed by atoms with Crippen LogP contribution >= 0.6 is 0 Å². The van der Waals surface area contributed by atoms with Crippen LogP contribution in [0.4, 0.5) is 0 Å². The normalized spacial score (nSPS) is 10.7. The highest BCUT2D eigenvalue weighted by Gasteiger charge is 2.14. The maximum atomic E-state index is 9.10. The van der Waals surface area contributed by atoms with Crippen LogP contribution in [0.2, 0.25) is 0 Å². The molecular weight excluding hydrogens is 236 g/mol. The van der Waals surface area contributed by atoms with Crippen LogP contribution < -0.4 is 0 Å². The Labute approximate surface area is 113 Å². The Kier molecular flexibility index (Phi) is 3.96. The van der Waals surface area contributed by atoms with Gasteiger partial charge in [-0.25, -0.2) is 4.68 Å². The van der Waals surface area contributed by atoms with Gasteiger partial charge in [0.15, 0.2) is 5.69 Å². The Balaban J connectivity index is 2.33. The summed E-state index contributed by atoms with van der Waals surface area (Å²) in [5, 5.41) is 17.2. The second-order valence-electron chi connectivity index (χ2n) is 5.18. The summed E-state index contributed by atoms with van der Waals surface area (Å²) >= 11 is 0. The summed E-state index contributed by atoms with van der Waals surface area (Å²) < 4.78 is 1.85. The fourth-order valence-corrected chi connectivity index (χ4v) is 2.08. The van der Waals surface area contributed by atoms with Gasteiger partial charge in [-0.2, -0.15) is 5.26 Å². The van der Waals surface area contributed by atoms with E-state index in [1.54, 1.807) is 0 Å². The van der Waals surface area contributed by atoms with Gasteiger partial charge in [-0.1, -0.05) is 43.3 Å². The van der Waals surface area contributed by atoms with E-state index in [1.807, 2.05) is 16.8 Å². The summed E-state index contributed by atoms with van der Waals surface area (Å²) in [6, 6.07) is 10.3. The summed E-state index contributed by atoms with van der Waals surface area (Å²) in [4.78, 5) is 0. The Morgan fingerprint density at radius 3 is 2.68 bits per heavy atom. The SMILES string of the molecule is Cc1ccccc1Cn1nnc(C#N)c1CC(C)C. The van der Waals surface area contributed by atoms with E-state index in [0.717, 1.165) is 12.1 Å². The lowest BCUT2D eigenvalue weighted by Crippen LogP contribution is -2.10. The minimum atomic E-state index is 0.447. The largest absolute Gasteiger partial charge is 0.244 e. The van der Waals surface area contributed by atoms with Crippen LogP contribution in [-0.4, -0.2) is 15.0 Å². The summed E-state index contributed by atoms with van der Waals surface area (Å²) in [6.45, 7) is 7.02.